The van der Waals surface area contributed by atoms with E-state index in [1.165, 1.54) is 0 Å². The molecule has 7 heteroatoms. The molecule has 7 nitrogen and oxygen atoms in total. The Morgan fingerprint density at radius 3 is 1.30 bits per heavy atom. The molecular weight excluding hydrogens is 424 g/mol. The summed E-state index contributed by atoms with van der Waals surface area (Å²) < 4.78 is 5.00. The number of esters is 2. The van der Waals surface area contributed by atoms with Crippen LogP contribution in [0, 0.1) is 11.8 Å². The van der Waals surface area contributed by atoms with Crippen LogP contribution in [0.2, 0.25) is 0 Å². The van der Waals surface area contributed by atoms with Gasteiger partial charge in [0.15, 0.2) is 0 Å². The van der Waals surface area contributed by atoms with Crippen LogP contribution >= 0.6 is 0 Å². The Balaban J connectivity index is 0. The van der Waals surface area contributed by atoms with E-state index < -0.39 is 23.9 Å². The molecule has 0 saturated carbocycles. The second-order valence-corrected chi connectivity index (χ2v) is 8.14. The van der Waals surface area contributed by atoms with Gasteiger partial charge in [-0.05, 0) is 24.7 Å². The van der Waals surface area contributed by atoms with Crippen LogP contribution in [0.1, 0.15) is 91.9 Å². The normalized spacial score (nSPS) is 12.2. The molecular formula is C26H42O7. The summed E-state index contributed by atoms with van der Waals surface area (Å²) in [6, 6.07) is 0. The van der Waals surface area contributed by atoms with E-state index in [1.807, 2.05) is 0 Å². The van der Waals surface area contributed by atoms with Crippen LogP contribution in [0.3, 0.4) is 0 Å². The van der Waals surface area contributed by atoms with Gasteiger partial charge in [-0.1, -0.05) is 92.2 Å². The maximum atomic E-state index is 12.1. The minimum Gasteiger partial charge on any atom is -0.478 e. The molecule has 2 unspecified atom stereocenters. The summed E-state index contributed by atoms with van der Waals surface area (Å²) in [5, 5.41) is 15.6. The highest BCUT2D eigenvalue weighted by Gasteiger charge is 2.20. The van der Waals surface area contributed by atoms with Gasteiger partial charge in [0.1, 0.15) is 0 Å². The molecule has 0 aromatic heterocycles. The van der Waals surface area contributed by atoms with E-state index in [9.17, 15) is 19.2 Å². The Labute approximate surface area is 198 Å². The molecule has 0 bridgehead atoms. The number of carboxylic acid groups (broad SMARTS) is 2. The number of carbonyl (C=O) groups is 4. The van der Waals surface area contributed by atoms with Crippen LogP contribution in [0.25, 0.3) is 0 Å². The van der Waals surface area contributed by atoms with Crippen molar-refractivity contribution in [3.8, 4) is 0 Å². The molecule has 0 aromatic rings. The van der Waals surface area contributed by atoms with Crippen molar-refractivity contribution in [1.82, 2.24) is 0 Å². The molecule has 0 radical (unpaired) electrons. The predicted octanol–water partition coefficient (Wildman–Crippen LogP) is 6.09. The average Bonchev–Trinajstić information content (AvgIpc) is 2.77. The fraction of sp³-hybridized carbons (Fsp3) is 0.615. The summed E-state index contributed by atoms with van der Waals surface area (Å²) >= 11 is 0. The van der Waals surface area contributed by atoms with E-state index >= 15 is 0 Å². The molecule has 2 atom stereocenters. The van der Waals surface area contributed by atoms with E-state index in [0.29, 0.717) is 48.0 Å². The monoisotopic (exact) mass is 466 g/mol. The number of hydrogen-bond acceptors (Lipinski definition) is 5. The Kier molecular flexibility index (Phi) is 19.6. The molecule has 33 heavy (non-hydrogen) atoms. The van der Waals surface area contributed by atoms with E-state index in [2.05, 4.69) is 40.9 Å². The average molecular weight is 467 g/mol. The zero-order chi connectivity index (χ0) is 25.8. The summed E-state index contributed by atoms with van der Waals surface area (Å²) in [6.07, 6.45) is 11.1. The van der Waals surface area contributed by atoms with Gasteiger partial charge in [-0.2, -0.15) is 0 Å². The molecule has 0 spiro atoms. The lowest BCUT2D eigenvalue weighted by atomic mass is 9.92. The van der Waals surface area contributed by atoms with Gasteiger partial charge in [0, 0.05) is 23.3 Å². The second-order valence-electron chi connectivity index (χ2n) is 8.14. The summed E-state index contributed by atoms with van der Waals surface area (Å²) in [7, 11) is 0. The van der Waals surface area contributed by atoms with Crippen molar-refractivity contribution in [3.05, 3.63) is 36.5 Å². The third kappa shape index (κ3) is 18.6. The number of hydrogen-bond donors (Lipinski definition) is 2. The lowest BCUT2D eigenvalue weighted by Gasteiger charge is -2.16. The van der Waals surface area contributed by atoms with Crippen molar-refractivity contribution in [2.24, 2.45) is 11.8 Å². The lowest BCUT2D eigenvalue weighted by molar-refractivity contribution is -0.154. The van der Waals surface area contributed by atoms with Crippen molar-refractivity contribution in [1.29, 1.82) is 0 Å². The molecule has 0 aliphatic rings. The van der Waals surface area contributed by atoms with Crippen LogP contribution in [0.5, 0.6) is 0 Å². The fourth-order valence-electron chi connectivity index (χ4n) is 3.12. The molecule has 0 saturated heterocycles. The maximum absolute atomic E-state index is 12.1. The first-order valence-electron chi connectivity index (χ1n) is 11.8. The third-order valence-electron chi connectivity index (χ3n) is 5.29. The van der Waals surface area contributed by atoms with Gasteiger partial charge in [-0.25, -0.2) is 19.2 Å². The molecule has 188 valence electrons. The zero-order valence-electron chi connectivity index (χ0n) is 20.7. The topological polar surface area (TPSA) is 118 Å². The smallest absolute Gasteiger partial charge is 0.341 e. The quantitative estimate of drug-likeness (QED) is 0.160. The lowest BCUT2D eigenvalue weighted by Crippen LogP contribution is -2.18. The van der Waals surface area contributed by atoms with Crippen molar-refractivity contribution < 1.29 is 34.1 Å². The first kappa shape index (κ1) is 32.5. The van der Waals surface area contributed by atoms with Crippen molar-refractivity contribution >= 4 is 23.9 Å². The van der Waals surface area contributed by atoms with E-state index in [-0.39, 0.29) is 0 Å². The summed E-state index contributed by atoms with van der Waals surface area (Å²) in [4.78, 5) is 43.4. The summed E-state index contributed by atoms with van der Waals surface area (Å²) in [6.45, 7) is 16.2. The molecule has 0 fully saturated rings. The van der Waals surface area contributed by atoms with E-state index in [1.54, 1.807) is 0 Å². The number of aliphatic carboxylic acids is 2. The van der Waals surface area contributed by atoms with Crippen molar-refractivity contribution in [2.45, 2.75) is 91.9 Å². The number of unbranched alkanes of at least 4 members (excludes halogenated alkanes) is 2. The molecule has 0 aliphatic carbocycles. The minimum atomic E-state index is -1.26. The largest absolute Gasteiger partial charge is 0.478 e. The number of carboxylic acids is 2. The number of rotatable bonds is 16. The highest BCUT2D eigenvalue weighted by atomic mass is 16.6. The van der Waals surface area contributed by atoms with Crippen LogP contribution in [-0.2, 0) is 23.9 Å². The minimum absolute atomic E-state index is 0.391. The predicted molar refractivity (Wildman–Crippen MR) is 130 cm³/mol. The van der Waals surface area contributed by atoms with E-state index in [4.69, 9.17) is 14.9 Å². The van der Waals surface area contributed by atoms with Gasteiger partial charge in [-0.15, -0.1) is 0 Å². The fourth-order valence-corrected chi connectivity index (χ4v) is 3.12. The van der Waals surface area contributed by atoms with Crippen LogP contribution < -0.4 is 0 Å². The highest BCUT2D eigenvalue weighted by molar-refractivity contribution is 6.01. The Hall–Kier alpha value is -2.70. The molecule has 0 amide bonds. The molecule has 2 N–H and O–H groups in total. The van der Waals surface area contributed by atoms with Gasteiger partial charge in [0.2, 0.25) is 0 Å². The van der Waals surface area contributed by atoms with Crippen molar-refractivity contribution in [3.63, 3.8) is 0 Å². The maximum Gasteiger partial charge on any atom is 0.341 e. The zero-order valence-corrected chi connectivity index (χ0v) is 20.7. The van der Waals surface area contributed by atoms with Gasteiger partial charge in [-0.3, -0.25) is 0 Å². The van der Waals surface area contributed by atoms with Crippen LogP contribution in [-0.4, -0.2) is 34.1 Å². The van der Waals surface area contributed by atoms with Gasteiger partial charge < -0.3 is 14.9 Å². The van der Waals surface area contributed by atoms with Gasteiger partial charge in [0.25, 0.3) is 0 Å². The summed E-state index contributed by atoms with van der Waals surface area (Å²) in [5.74, 6) is -2.85. The molecule has 0 heterocycles. The van der Waals surface area contributed by atoms with Gasteiger partial charge >= 0.3 is 23.9 Å². The molecule has 0 aromatic carbocycles. The van der Waals surface area contributed by atoms with Crippen molar-refractivity contribution in [2.75, 3.05) is 0 Å². The highest BCUT2D eigenvalue weighted by Crippen LogP contribution is 2.23. The Morgan fingerprint density at radius 2 is 1.06 bits per heavy atom. The SMILES string of the molecule is C=C(CC(CC)CCCC)C(=O)OC(=O)C(=C)CC(CC)CCCC.O=C(O)/C=C\C(=O)O. The second kappa shape index (κ2) is 19.9. The number of ether oxygens (including phenoxy) is 1. The van der Waals surface area contributed by atoms with Crippen LogP contribution in [0.15, 0.2) is 36.5 Å². The van der Waals surface area contributed by atoms with Crippen LogP contribution in [0.4, 0.5) is 0 Å². The van der Waals surface area contributed by atoms with Gasteiger partial charge in [0.05, 0.1) is 0 Å². The first-order valence-corrected chi connectivity index (χ1v) is 11.8. The molecule has 0 aliphatic heterocycles. The van der Waals surface area contributed by atoms with E-state index in [0.717, 1.165) is 51.4 Å². The number of carbonyl (C=O) groups excluding carboxylic acids is 2. The first-order chi connectivity index (χ1) is 15.5. The molecule has 0 rings (SSSR count). The Morgan fingerprint density at radius 1 is 0.727 bits per heavy atom. The third-order valence-corrected chi connectivity index (χ3v) is 5.29. The Bertz CT molecular complexity index is 620. The summed E-state index contributed by atoms with van der Waals surface area (Å²) in [5.41, 5.74) is 0.782. The standard InChI is InChI=1S/C22H38O3.C4H4O4/c1-7-11-13-19(9-3)15-17(5)21(23)25-22(24)18(6)16-20(10-4)14-12-8-2;5-3(6)1-2-4(7)8/h19-20H,5-16H2,1-4H3;1-2H,(H,5,6)(H,7,8)/b;2-1-.